The van der Waals surface area contributed by atoms with E-state index in [1.54, 1.807) is 0 Å². The van der Waals surface area contributed by atoms with Gasteiger partial charge in [-0.1, -0.05) is 200 Å². The smallest absolute Gasteiger partial charge is 0.252 e. The van der Waals surface area contributed by atoms with Gasteiger partial charge < -0.3 is 18.9 Å². The van der Waals surface area contributed by atoms with Crippen molar-refractivity contribution in [3.8, 4) is 44.8 Å². The van der Waals surface area contributed by atoms with Crippen molar-refractivity contribution in [1.82, 2.24) is 9.13 Å². The zero-order valence-electron chi connectivity index (χ0n) is 56.8. The van der Waals surface area contributed by atoms with E-state index in [1.165, 1.54) is 9.13 Å². The molecule has 2 aliphatic heterocycles. The molecule has 0 fully saturated rings. The lowest BCUT2D eigenvalue weighted by molar-refractivity contribution is 1.17. The molecule has 0 N–H and O–H groups in total. The minimum absolute atomic E-state index is 0.0322. The Bertz CT molecular complexity index is 5450. The van der Waals surface area contributed by atoms with E-state index in [0.717, 1.165) is 72.5 Å². The lowest BCUT2D eigenvalue weighted by Gasteiger charge is -2.44. The fourth-order valence-corrected chi connectivity index (χ4v) is 11.8. The van der Waals surface area contributed by atoms with Crippen molar-refractivity contribution in [3.63, 3.8) is 0 Å². The highest BCUT2D eigenvalue weighted by Gasteiger charge is 2.44. The normalized spacial score (nSPS) is 15.5. The summed E-state index contributed by atoms with van der Waals surface area (Å²) in [7, 11) is 0. The maximum atomic E-state index is 9.51. The van der Waals surface area contributed by atoms with Crippen molar-refractivity contribution in [3.05, 3.63) is 285 Å². The first-order valence-corrected chi connectivity index (χ1v) is 25.3. The summed E-state index contributed by atoms with van der Waals surface area (Å²) in [5, 5.41) is -0.225. The van der Waals surface area contributed by atoms with E-state index >= 15 is 0 Å². The van der Waals surface area contributed by atoms with E-state index in [9.17, 15) is 11.0 Å². The molecule has 0 aliphatic carbocycles. The Balaban J connectivity index is 1.05. The monoisotopic (exact) mass is 994 g/mol. The molecule has 4 heterocycles. The first-order valence-electron chi connectivity index (χ1n) is 33.3. The van der Waals surface area contributed by atoms with Gasteiger partial charge in [0, 0.05) is 67.0 Å². The number of anilines is 6. The van der Waals surface area contributed by atoms with Crippen LogP contribution in [-0.2, 0) is 0 Å². The number of aromatic nitrogens is 2. The summed E-state index contributed by atoms with van der Waals surface area (Å²) in [6, 6.07) is 54.1. The van der Waals surface area contributed by atoms with Crippen molar-refractivity contribution in [1.29, 1.82) is 0 Å². The van der Waals surface area contributed by atoms with Crippen molar-refractivity contribution in [2.75, 3.05) is 9.80 Å². The first kappa shape index (κ1) is 30.3. The molecular weight excluding hydrogens is 932 g/mol. The summed E-state index contributed by atoms with van der Waals surface area (Å²) in [5.74, 6) is 0. The molecule has 0 saturated heterocycles. The lowest BCUT2D eigenvalue weighted by Crippen LogP contribution is -2.61. The molecule has 0 unspecified atom stereocenters. The minimum atomic E-state index is -0.637. The molecule has 2 aliphatic rings. The Hall–Kier alpha value is -10.1. The van der Waals surface area contributed by atoms with E-state index < -0.39 is 103 Å². The van der Waals surface area contributed by atoms with E-state index in [1.807, 2.05) is 158 Å². The molecule has 358 valence electrons. The Kier molecular flexibility index (Phi) is 6.79. The highest BCUT2D eigenvalue weighted by atomic mass is 15.2. The lowest BCUT2D eigenvalue weighted by atomic mass is 9.33. The first-order chi connectivity index (χ1) is 44.9. The topological polar surface area (TPSA) is 16.3 Å². The average molecular weight is 995 g/mol. The van der Waals surface area contributed by atoms with Crippen molar-refractivity contribution < 1.29 is 21.9 Å². The third-order valence-electron chi connectivity index (χ3n) is 15.2. The third-order valence-corrected chi connectivity index (χ3v) is 15.2. The van der Waals surface area contributed by atoms with Gasteiger partial charge in [0.05, 0.1) is 44.0 Å². The predicted molar refractivity (Wildman–Crippen MR) is 325 cm³/mol. The molecule has 12 aromatic carbocycles. The SMILES string of the molecule is [2H]c1c([2H])c([2H])c2c(c1[2H])c1c([2H])c([2H])c([2H])c([2H])c1n2-c1ccc2c(c1)N(c1ccc(-c3ccccc3)cc1)c1cc(-c3ccccc3)cc3c1B2c1ccc(-n2c4c([2H])c([2H])c([2H])c([2H])c4c4c([2H])c([2H])c([2H])c([2H])c42)cc1N3c1cccc(-c2ccccc2)c1. The number of hydrogen-bond donors (Lipinski definition) is 0. The van der Waals surface area contributed by atoms with Crippen LogP contribution in [0.4, 0.5) is 34.1 Å². The van der Waals surface area contributed by atoms with Gasteiger partial charge in [0.15, 0.2) is 0 Å². The third kappa shape index (κ3) is 6.74. The van der Waals surface area contributed by atoms with Crippen LogP contribution < -0.4 is 26.2 Å². The number of nitrogens with zero attached hydrogens (tertiary/aromatic N) is 4. The molecule has 14 aromatic rings. The summed E-state index contributed by atoms with van der Waals surface area (Å²) in [5.41, 5.74) is 12.7. The second kappa shape index (κ2) is 17.2. The van der Waals surface area contributed by atoms with Gasteiger partial charge in [-0.2, -0.15) is 0 Å². The highest BCUT2D eigenvalue weighted by Crippen LogP contribution is 2.48. The quantitative estimate of drug-likeness (QED) is 0.148. The molecule has 0 bridgehead atoms. The van der Waals surface area contributed by atoms with Crippen LogP contribution in [0.1, 0.15) is 21.9 Å². The summed E-state index contributed by atoms with van der Waals surface area (Å²) in [4.78, 5) is 4.35. The number of para-hydroxylation sites is 4. The van der Waals surface area contributed by atoms with Crippen LogP contribution in [0.5, 0.6) is 0 Å². The average Bonchev–Trinajstić information content (AvgIpc) is 1.65. The molecule has 2 aromatic heterocycles. The minimum Gasteiger partial charge on any atom is -0.311 e. The zero-order chi connectivity index (χ0) is 64.5. The second-order valence-corrected chi connectivity index (χ2v) is 19.3. The Morgan fingerprint density at radius 3 is 1.12 bits per heavy atom. The fourth-order valence-electron chi connectivity index (χ4n) is 11.8. The number of benzene rings is 12. The Morgan fingerprint density at radius 1 is 0.273 bits per heavy atom. The summed E-state index contributed by atoms with van der Waals surface area (Å²) >= 11 is 0. The fraction of sp³-hybridized carbons (Fsp3) is 0. The van der Waals surface area contributed by atoms with Crippen molar-refractivity contribution >= 4 is 101 Å². The molecule has 0 amide bonds. The molecule has 0 spiro atoms. The summed E-state index contributed by atoms with van der Waals surface area (Å²) in [6.45, 7) is -0.637. The molecule has 77 heavy (non-hydrogen) atoms. The van der Waals surface area contributed by atoms with Gasteiger partial charge in [-0.3, -0.25) is 0 Å². The molecule has 16 rings (SSSR count). The molecule has 0 saturated carbocycles. The van der Waals surface area contributed by atoms with E-state index in [-0.39, 0.29) is 43.6 Å². The van der Waals surface area contributed by atoms with Crippen molar-refractivity contribution in [2.24, 2.45) is 0 Å². The second-order valence-electron chi connectivity index (χ2n) is 19.3. The van der Waals surface area contributed by atoms with Crippen LogP contribution in [0.2, 0.25) is 0 Å². The summed E-state index contributed by atoms with van der Waals surface area (Å²) in [6.07, 6.45) is 0. The number of rotatable bonds is 7. The van der Waals surface area contributed by atoms with Crippen LogP contribution in [0.25, 0.3) is 88.4 Å². The van der Waals surface area contributed by atoms with Gasteiger partial charge in [0.2, 0.25) is 0 Å². The van der Waals surface area contributed by atoms with Crippen molar-refractivity contribution in [2.45, 2.75) is 0 Å². The van der Waals surface area contributed by atoms with Crippen LogP contribution in [0.15, 0.2) is 285 Å². The molecule has 0 atom stereocenters. The number of hydrogen-bond acceptors (Lipinski definition) is 2. The highest BCUT2D eigenvalue weighted by molar-refractivity contribution is 7.00. The Labute approximate surface area is 469 Å². The van der Waals surface area contributed by atoms with Crippen LogP contribution in [0.3, 0.4) is 0 Å². The maximum Gasteiger partial charge on any atom is 0.252 e. The number of fused-ring (bicyclic) bond motifs is 10. The van der Waals surface area contributed by atoms with E-state index in [4.69, 9.17) is 11.0 Å². The van der Waals surface area contributed by atoms with E-state index in [0.29, 0.717) is 22.7 Å². The molecule has 0 radical (unpaired) electrons. The van der Waals surface area contributed by atoms with Gasteiger partial charge in [-0.05, 0) is 135 Å². The van der Waals surface area contributed by atoms with Crippen LogP contribution in [-0.4, -0.2) is 15.8 Å². The van der Waals surface area contributed by atoms with Crippen LogP contribution in [0, 0.1) is 0 Å². The maximum absolute atomic E-state index is 9.51. The molecular formula is C72H47BN4. The van der Waals surface area contributed by atoms with Gasteiger partial charge in [-0.25, -0.2) is 0 Å². The van der Waals surface area contributed by atoms with E-state index in [2.05, 4.69) is 40.1 Å². The molecule has 5 heteroatoms. The molecule has 4 nitrogen and oxygen atoms in total. The predicted octanol–water partition coefficient (Wildman–Crippen LogP) is 17.0. The van der Waals surface area contributed by atoms with Gasteiger partial charge in [0.25, 0.3) is 6.71 Å². The van der Waals surface area contributed by atoms with Gasteiger partial charge in [0.1, 0.15) is 0 Å². The van der Waals surface area contributed by atoms with Crippen LogP contribution >= 0.6 is 0 Å². The Morgan fingerprint density at radius 2 is 0.649 bits per heavy atom. The standard InChI is InChI=1S/C72H47BN4/c1-4-19-48(20-5-1)51-35-37-54(38-36-51)74-68-46-56(75-64-31-14-10-27-58(64)59-28-11-15-32-65(59)75)39-41-62(68)73-63-42-40-57(76-66-33-16-12-29-60(66)61-30-13-17-34-67(61)76)47-69(63)77(55-26-18-25-52(43-55)49-21-6-2-7-22-49)71-45-53(44-70(74)72(71)73)50-23-8-3-9-24-50/h1-47H/i10D,11D,12D,13D,14D,15D,16D,17D,27D,28D,29D,30D,31D,32D,33D,34D. The zero-order valence-corrected chi connectivity index (χ0v) is 40.8. The largest absolute Gasteiger partial charge is 0.311 e. The van der Waals surface area contributed by atoms with Gasteiger partial charge in [-0.15, -0.1) is 0 Å². The van der Waals surface area contributed by atoms with Gasteiger partial charge >= 0.3 is 0 Å². The summed E-state index contributed by atoms with van der Waals surface area (Å²) < 4.78 is 149.